The minimum absolute atomic E-state index is 0.0724. The SMILES string of the molecule is O=C(O)C[C@H](NC(=O)OCC1c2ccccc2-c2ccccc21)C(=O)N1C2CCC1COC2. The first kappa shape index (κ1) is 21.5. The van der Waals surface area contributed by atoms with Crippen LogP contribution in [0.25, 0.3) is 11.1 Å². The Balaban J connectivity index is 1.27. The van der Waals surface area contributed by atoms with Crippen LogP contribution in [0.15, 0.2) is 48.5 Å². The van der Waals surface area contributed by atoms with E-state index < -0.39 is 24.5 Å². The molecule has 2 amide bonds. The highest BCUT2D eigenvalue weighted by Crippen LogP contribution is 2.44. The lowest BCUT2D eigenvalue weighted by Gasteiger charge is -2.36. The second kappa shape index (κ2) is 8.86. The molecule has 2 fully saturated rings. The third kappa shape index (κ3) is 4.06. The van der Waals surface area contributed by atoms with Gasteiger partial charge < -0.3 is 24.8 Å². The summed E-state index contributed by atoms with van der Waals surface area (Å²) < 4.78 is 11.0. The van der Waals surface area contributed by atoms with Crippen molar-refractivity contribution in [1.29, 1.82) is 0 Å². The lowest BCUT2D eigenvalue weighted by Crippen LogP contribution is -2.56. The van der Waals surface area contributed by atoms with Gasteiger partial charge in [0.05, 0.1) is 31.7 Å². The Morgan fingerprint density at radius 2 is 1.58 bits per heavy atom. The molecule has 0 spiro atoms. The first-order chi connectivity index (χ1) is 16.0. The van der Waals surface area contributed by atoms with E-state index in [9.17, 15) is 19.5 Å². The first-order valence-corrected chi connectivity index (χ1v) is 11.3. The van der Waals surface area contributed by atoms with Crippen molar-refractivity contribution in [3.8, 4) is 11.1 Å². The summed E-state index contributed by atoms with van der Waals surface area (Å²) in [7, 11) is 0. The van der Waals surface area contributed by atoms with Crippen molar-refractivity contribution in [3.05, 3.63) is 59.7 Å². The molecule has 2 aliphatic heterocycles. The average Bonchev–Trinajstić information content (AvgIpc) is 3.26. The van der Waals surface area contributed by atoms with Gasteiger partial charge >= 0.3 is 12.1 Å². The lowest BCUT2D eigenvalue weighted by atomic mass is 9.98. The highest BCUT2D eigenvalue weighted by Gasteiger charge is 2.43. The van der Waals surface area contributed by atoms with E-state index >= 15 is 0 Å². The Kier molecular flexibility index (Phi) is 5.76. The van der Waals surface area contributed by atoms with Crippen molar-refractivity contribution in [3.63, 3.8) is 0 Å². The van der Waals surface area contributed by atoms with Gasteiger partial charge in [0.15, 0.2) is 0 Å². The van der Waals surface area contributed by atoms with Crippen molar-refractivity contribution < 1.29 is 29.0 Å². The maximum atomic E-state index is 13.2. The number of hydrogen-bond acceptors (Lipinski definition) is 5. The number of hydrogen-bond donors (Lipinski definition) is 2. The lowest BCUT2D eigenvalue weighted by molar-refractivity contribution is -0.147. The number of nitrogens with zero attached hydrogens (tertiary/aromatic N) is 1. The van der Waals surface area contributed by atoms with E-state index in [-0.39, 0.29) is 30.5 Å². The zero-order valence-electron chi connectivity index (χ0n) is 18.1. The van der Waals surface area contributed by atoms with Gasteiger partial charge in [-0.15, -0.1) is 0 Å². The Hall–Kier alpha value is -3.39. The fourth-order valence-corrected chi connectivity index (χ4v) is 5.33. The van der Waals surface area contributed by atoms with Gasteiger partial charge in [0.25, 0.3) is 0 Å². The van der Waals surface area contributed by atoms with E-state index in [0.29, 0.717) is 13.2 Å². The molecule has 2 aromatic carbocycles. The molecule has 1 aliphatic carbocycles. The van der Waals surface area contributed by atoms with Gasteiger partial charge in [0, 0.05) is 5.92 Å². The number of carbonyl (C=O) groups is 3. The third-order valence-corrected chi connectivity index (χ3v) is 6.81. The second-order valence-corrected chi connectivity index (χ2v) is 8.79. The molecule has 2 heterocycles. The Morgan fingerprint density at radius 1 is 1.00 bits per heavy atom. The van der Waals surface area contributed by atoms with E-state index in [0.717, 1.165) is 35.1 Å². The fourth-order valence-electron chi connectivity index (χ4n) is 5.33. The molecule has 3 atom stereocenters. The van der Waals surface area contributed by atoms with Gasteiger partial charge in [-0.2, -0.15) is 0 Å². The molecule has 8 heteroatoms. The smallest absolute Gasteiger partial charge is 0.407 e. The molecular weight excluding hydrogens is 424 g/mol. The van der Waals surface area contributed by atoms with E-state index in [1.54, 1.807) is 4.90 Å². The van der Waals surface area contributed by atoms with E-state index in [1.807, 2.05) is 48.5 Å². The standard InChI is InChI=1S/C25H26N2O6/c28-23(29)11-22(24(30)27-15-9-10-16(27)13-32-12-15)26-25(31)33-14-21-19-7-3-1-5-17(19)18-6-2-4-8-20(18)21/h1-8,15-16,21-22H,9-14H2,(H,26,31)(H,28,29)/t15?,16?,22-/m0/s1. The van der Waals surface area contributed by atoms with Crippen molar-refractivity contribution >= 4 is 18.0 Å². The monoisotopic (exact) mass is 450 g/mol. The van der Waals surface area contributed by atoms with E-state index in [2.05, 4.69) is 5.32 Å². The maximum absolute atomic E-state index is 13.2. The summed E-state index contributed by atoms with van der Waals surface area (Å²) >= 11 is 0. The molecule has 2 saturated heterocycles. The van der Waals surface area contributed by atoms with Gasteiger partial charge in [-0.3, -0.25) is 9.59 Å². The van der Waals surface area contributed by atoms with E-state index in [4.69, 9.17) is 9.47 Å². The topological polar surface area (TPSA) is 105 Å². The minimum Gasteiger partial charge on any atom is -0.481 e. The molecule has 33 heavy (non-hydrogen) atoms. The van der Waals surface area contributed by atoms with Gasteiger partial charge in [0.2, 0.25) is 5.91 Å². The molecule has 0 saturated carbocycles. The molecule has 8 nitrogen and oxygen atoms in total. The number of amides is 2. The zero-order valence-corrected chi connectivity index (χ0v) is 18.1. The summed E-state index contributed by atoms with van der Waals surface area (Å²) in [6.07, 6.45) is 0.347. The first-order valence-electron chi connectivity index (χ1n) is 11.3. The number of carboxylic acids is 1. The predicted molar refractivity (Wildman–Crippen MR) is 119 cm³/mol. The van der Waals surface area contributed by atoms with Crippen LogP contribution in [0.2, 0.25) is 0 Å². The molecule has 2 unspecified atom stereocenters. The number of alkyl carbamates (subject to hydrolysis) is 1. The third-order valence-electron chi connectivity index (χ3n) is 6.81. The summed E-state index contributed by atoms with van der Waals surface area (Å²) in [6.45, 7) is 0.969. The molecule has 0 radical (unpaired) electrons. The number of ether oxygens (including phenoxy) is 2. The van der Waals surface area contributed by atoms with Crippen LogP contribution in [-0.2, 0) is 19.1 Å². The fraction of sp³-hybridized carbons (Fsp3) is 0.400. The van der Waals surface area contributed by atoms with Crippen LogP contribution in [-0.4, -0.2) is 65.9 Å². The highest BCUT2D eigenvalue weighted by molar-refractivity contribution is 5.90. The van der Waals surface area contributed by atoms with Crippen LogP contribution < -0.4 is 5.32 Å². The van der Waals surface area contributed by atoms with Crippen LogP contribution in [0, 0.1) is 0 Å². The number of carboxylic acid groups (broad SMARTS) is 1. The predicted octanol–water partition coefficient (Wildman–Crippen LogP) is 2.76. The van der Waals surface area contributed by atoms with Crippen molar-refractivity contribution in [2.45, 2.75) is 43.3 Å². The van der Waals surface area contributed by atoms with Gasteiger partial charge in [0.1, 0.15) is 12.6 Å². The summed E-state index contributed by atoms with van der Waals surface area (Å²) in [5, 5.41) is 11.8. The summed E-state index contributed by atoms with van der Waals surface area (Å²) in [4.78, 5) is 38.9. The number of aliphatic carboxylic acids is 1. The zero-order chi connectivity index (χ0) is 22.9. The second-order valence-electron chi connectivity index (χ2n) is 8.79. The number of fused-ring (bicyclic) bond motifs is 5. The molecule has 5 rings (SSSR count). The molecule has 2 aromatic rings. The van der Waals surface area contributed by atoms with Crippen LogP contribution >= 0.6 is 0 Å². The average molecular weight is 450 g/mol. The Labute approximate surface area is 191 Å². The Bertz CT molecular complexity index is 1020. The van der Waals surface area contributed by atoms with Crippen LogP contribution in [0.4, 0.5) is 4.79 Å². The van der Waals surface area contributed by atoms with Gasteiger partial charge in [-0.1, -0.05) is 48.5 Å². The van der Waals surface area contributed by atoms with Crippen molar-refractivity contribution in [1.82, 2.24) is 10.2 Å². The van der Waals surface area contributed by atoms with Crippen LogP contribution in [0.1, 0.15) is 36.3 Å². The van der Waals surface area contributed by atoms with E-state index in [1.165, 1.54) is 0 Å². The van der Waals surface area contributed by atoms with Crippen LogP contribution in [0.5, 0.6) is 0 Å². The Morgan fingerprint density at radius 3 is 2.15 bits per heavy atom. The normalized spacial score (nSPS) is 21.8. The highest BCUT2D eigenvalue weighted by atomic mass is 16.5. The van der Waals surface area contributed by atoms with Crippen molar-refractivity contribution in [2.75, 3.05) is 19.8 Å². The summed E-state index contributed by atoms with van der Waals surface area (Å²) in [5.74, 6) is -1.67. The summed E-state index contributed by atoms with van der Waals surface area (Å²) in [5.41, 5.74) is 4.39. The number of nitrogens with one attached hydrogen (secondary N) is 1. The molecule has 3 aliphatic rings. The minimum atomic E-state index is -1.18. The molecular formula is C25H26N2O6. The summed E-state index contributed by atoms with van der Waals surface area (Å²) in [6, 6.07) is 14.7. The van der Waals surface area contributed by atoms with Gasteiger partial charge in [-0.25, -0.2) is 4.79 Å². The molecule has 172 valence electrons. The maximum Gasteiger partial charge on any atom is 0.407 e. The number of morpholine rings is 1. The molecule has 2 N–H and O–H groups in total. The van der Waals surface area contributed by atoms with Crippen LogP contribution in [0.3, 0.4) is 0 Å². The molecule has 0 aromatic heterocycles. The number of rotatable bonds is 6. The number of benzene rings is 2. The largest absolute Gasteiger partial charge is 0.481 e. The quantitative estimate of drug-likeness (QED) is 0.701. The number of carbonyl (C=O) groups excluding carboxylic acids is 2. The molecule has 2 bridgehead atoms. The van der Waals surface area contributed by atoms with Gasteiger partial charge in [-0.05, 0) is 35.1 Å². The van der Waals surface area contributed by atoms with Crippen molar-refractivity contribution in [2.24, 2.45) is 0 Å².